The summed E-state index contributed by atoms with van der Waals surface area (Å²) in [6.07, 6.45) is 5.48. The highest BCUT2D eigenvalue weighted by molar-refractivity contribution is 7.92. The number of halogens is 1. The number of nitrogens with zero attached hydrogens (tertiary/aromatic N) is 2. The van der Waals surface area contributed by atoms with Crippen molar-refractivity contribution in [2.75, 3.05) is 38.7 Å². The van der Waals surface area contributed by atoms with Crippen molar-refractivity contribution < 1.29 is 32.2 Å². The fraction of sp³-hybridized carbons (Fsp3) is 0.412. The highest BCUT2D eigenvalue weighted by Crippen LogP contribution is 2.37. The van der Waals surface area contributed by atoms with E-state index in [9.17, 15) is 18.0 Å². The zero-order valence-electron chi connectivity index (χ0n) is 26.7. The Kier molecular flexibility index (Phi) is 12.2. The number of sulfonamides is 1. The lowest BCUT2D eigenvalue weighted by atomic mass is 9.95. The van der Waals surface area contributed by atoms with Crippen LogP contribution >= 0.6 is 11.6 Å². The number of hydrogen-bond acceptors (Lipinski definition) is 7. The summed E-state index contributed by atoms with van der Waals surface area (Å²) in [7, 11) is -0.161. The molecule has 0 aliphatic heterocycles. The smallest absolute Gasteiger partial charge is 0.265 e. The molecule has 10 nitrogen and oxygen atoms in total. The minimum absolute atomic E-state index is 0.0485. The Labute approximate surface area is 276 Å². The van der Waals surface area contributed by atoms with Gasteiger partial charge >= 0.3 is 0 Å². The molecule has 0 saturated heterocycles. The highest BCUT2D eigenvalue weighted by atomic mass is 35.5. The molecule has 1 aliphatic rings. The summed E-state index contributed by atoms with van der Waals surface area (Å²) in [5.41, 5.74) is 1.05. The second-order valence-corrected chi connectivity index (χ2v) is 13.5. The molecule has 1 saturated carbocycles. The summed E-state index contributed by atoms with van der Waals surface area (Å²) in [6.45, 7) is 1.25. The lowest BCUT2D eigenvalue weighted by Gasteiger charge is -2.33. The Hall–Kier alpha value is -3.96. The largest absolute Gasteiger partial charge is 0.495 e. The molecule has 0 radical (unpaired) electrons. The first-order valence-electron chi connectivity index (χ1n) is 15.3. The number of ether oxygens (including phenoxy) is 3. The van der Waals surface area contributed by atoms with E-state index in [2.05, 4.69) is 5.32 Å². The van der Waals surface area contributed by atoms with Gasteiger partial charge in [0.15, 0.2) is 11.5 Å². The van der Waals surface area contributed by atoms with E-state index in [0.29, 0.717) is 12.2 Å². The summed E-state index contributed by atoms with van der Waals surface area (Å²) in [4.78, 5) is 29.1. The molecule has 1 atom stereocenters. The Morgan fingerprint density at radius 1 is 0.891 bits per heavy atom. The number of methoxy groups -OCH3 is 3. The van der Waals surface area contributed by atoms with Crippen LogP contribution in [-0.2, 0) is 26.0 Å². The number of carbonyl (C=O) groups is 2. The number of hydrogen-bond donors (Lipinski definition) is 1. The quantitative estimate of drug-likeness (QED) is 0.242. The summed E-state index contributed by atoms with van der Waals surface area (Å²) in [5, 5.41) is 3.36. The van der Waals surface area contributed by atoms with Gasteiger partial charge in [0.05, 0.1) is 31.9 Å². The van der Waals surface area contributed by atoms with Crippen molar-refractivity contribution in [1.29, 1.82) is 0 Å². The topological polar surface area (TPSA) is 114 Å². The van der Waals surface area contributed by atoms with Gasteiger partial charge in [0.25, 0.3) is 10.0 Å². The predicted molar refractivity (Wildman–Crippen MR) is 178 cm³/mol. The molecule has 0 spiro atoms. The third-order valence-corrected chi connectivity index (χ3v) is 10.2. The Morgan fingerprint density at radius 2 is 1.54 bits per heavy atom. The molecule has 4 rings (SSSR count). The molecule has 1 N–H and O–H groups in total. The van der Waals surface area contributed by atoms with Crippen molar-refractivity contribution in [3.8, 4) is 17.2 Å². The lowest BCUT2D eigenvalue weighted by molar-refractivity contribution is -0.139. The molecule has 248 valence electrons. The molecular weight excluding hydrogens is 630 g/mol. The Bertz CT molecular complexity index is 1600. The molecule has 3 aromatic carbocycles. The Morgan fingerprint density at radius 3 is 2.20 bits per heavy atom. The van der Waals surface area contributed by atoms with Crippen LogP contribution in [0.3, 0.4) is 0 Å². The van der Waals surface area contributed by atoms with Gasteiger partial charge < -0.3 is 24.4 Å². The van der Waals surface area contributed by atoms with E-state index in [1.165, 1.54) is 56.6 Å². The molecule has 0 heterocycles. The molecule has 46 heavy (non-hydrogen) atoms. The number of carbonyl (C=O) groups excluding carboxylic acids is 2. The average Bonchev–Trinajstić information content (AvgIpc) is 3.07. The first kappa shape index (κ1) is 34.9. The van der Waals surface area contributed by atoms with Gasteiger partial charge in [-0.25, -0.2) is 8.42 Å². The number of anilines is 1. The molecule has 2 amide bonds. The molecule has 1 fully saturated rings. The maximum atomic E-state index is 14.4. The fourth-order valence-electron chi connectivity index (χ4n) is 5.61. The van der Waals surface area contributed by atoms with Gasteiger partial charge in [-0.2, -0.15) is 0 Å². The third kappa shape index (κ3) is 8.44. The maximum absolute atomic E-state index is 14.4. The molecule has 3 aromatic rings. The van der Waals surface area contributed by atoms with Gasteiger partial charge in [0.1, 0.15) is 18.3 Å². The van der Waals surface area contributed by atoms with Crippen LogP contribution in [0.15, 0.2) is 71.6 Å². The van der Waals surface area contributed by atoms with Crippen molar-refractivity contribution in [3.63, 3.8) is 0 Å². The zero-order valence-corrected chi connectivity index (χ0v) is 28.3. The second kappa shape index (κ2) is 16.0. The predicted octanol–water partition coefficient (Wildman–Crippen LogP) is 5.47. The van der Waals surface area contributed by atoms with Gasteiger partial charge in [-0.1, -0.05) is 61.2 Å². The van der Waals surface area contributed by atoms with E-state index in [1.54, 1.807) is 13.0 Å². The van der Waals surface area contributed by atoms with E-state index in [4.69, 9.17) is 25.8 Å². The SMILES string of the molecule is COc1ccc(S(=O)(=O)N(CC(=O)N(CCc2ccccc2)[C@H](C)C(=O)NC2CCCCC2)c2cc(Cl)ccc2OC)cc1OC. The maximum Gasteiger partial charge on any atom is 0.265 e. The van der Waals surface area contributed by atoms with Crippen molar-refractivity contribution in [3.05, 3.63) is 77.3 Å². The van der Waals surface area contributed by atoms with E-state index in [-0.39, 0.29) is 45.6 Å². The normalized spacial score (nSPS) is 14.2. The number of nitrogens with one attached hydrogen (secondary N) is 1. The highest BCUT2D eigenvalue weighted by Gasteiger charge is 2.35. The van der Waals surface area contributed by atoms with Crippen LogP contribution in [0.1, 0.15) is 44.6 Å². The number of rotatable bonds is 14. The summed E-state index contributed by atoms with van der Waals surface area (Å²) < 4.78 is 45.9. The van der Waals surface area contributed by atoms with Crippen LogP contribution in [0.5, 0.6) is 17.2 Å². The van der Waals surface area contributed by atoms with E-state index >= 15 is 0 Å². The zero-order chi connectivity index (χ0) is 33.3. The lowest BCUT2D eigenvalue weighted by Crippen LogP contribution is -2.53. The van der Waals surface area contributed by atoms with E-state index in [0.717, 1.165) is 42.0 Å². The van der Waals surface area contributed by atoms with Gasteiger partial charge in [0, 0.05) is 23.7 Å². The summed E-state index contributed by atoms with van der Waals surface area (Å²) in [6, 6.07) is 17.5. The minimum Gasteiger partial charge on any atom is -0.495 e. The molecule has 1 aliphatic carbocycles. The molecule has 12 heteroatoms. The third-order valence-electron chi connectivity index (χ3n) is 8.23. The van der Waals surface area contributed by atoms with Crippen molar-refractivity contribution in [2.24, 2.45) is 0 Å². The van der Waals surface area contributed by atoms with Crippen LogP contribution in [0.2, 0.25) is 5.02 Å². The summed E-state index contributed by atoms with van der Waals surface area (Å²) >= 11 is 6.34. The van der Waals surface area contributed by atoms with Crippen LogP contribution in [0.25, 0.3) is 0 Å². The molecule has 0 unspecified atom stereocenters. The van der Waals surface area contributed by atoms with Crippen LogP contribution in [0.4, 0.5) is 5.69 Å². The van der Waals surface area contributed by atoms with Gasteiger partial charge in [0.2, 0.25) is 11.8 Å². The fourth-order valence-corrected chi connectivity index (χ4v) is 7.21. The Balaban J connectivity index is 1.73. The monoisotopic (exact) mass is 671 g/mol. The second-order valence-electron chi connectivity index (χ2n) is 11.2. The van der Waals surface area contributed by atoms with Gasteiger partial charge in [-0.05, 0) is 62.1 Å². The average molecular weight is 672 g/mol. The standard InChI is InChI=1S/C34H42ClN3O7S/c1-24(34(40)36-27-13-9-6-10-14-27)37(20-19-25-11-7-5-8-12-25)33(39)23-38(29-21-26(35)15-17-30(29)43-2)46(41,42)28-16-18-31(44-3)32(22-28)45-4/h5,7-8,11-12,15-18,21-22,24,27H,6,9-10,13-14,19-20,23H2,1-4H3,(H,36,40)/t24-/m1/s1. The first-order valence-corrected chi connectivity index (χ1v) is 17.1. The minimum atomic E-state index is -4.41. The van der Waals surface area contributed by atoms with E-state index in [1.807, 2.05) is 30.3 Å². The van der Waals surface area contributed by atoms with Gasteiger partial charge in [-0.15, -0.1) is 0 Å². The van der Waals surface area contributed by atoms with E-state index < -0.39 is 28.5 Å². The first-order chi connectivity index (χ1) is 22.1. The van der Waals surface area contributed by atoms with Crippen LogP contribution in [0, 0.1) is 0 Å². The molecule has 0 aromatic heterocycles. The van der Waals surface area contributed by atoms with Crippen molar-refractivity contribution in [1.82, 2.24) is 10.2 Å². The molecule has 0 bridgehead atoms. The number of amides is 2. The van der Waals surface area contributed by atoms with Crippen LogP contribution in [-0.4, -0.2) is 71.6 Å². The summed E-state index contributed by atoms with van der Waals surface area (Å²) in [5.74, 6) is -0.101. The number of benzene rings is 3. The van der Waals surface area contributed by atoms with Crippen molar-refractivity contribution in [2.45, 2.75) is 62.4 Å². The van der Waals surface area contributed by atoms with Crippen LogP contribution < -0.4 is 23.8 Å². The van der Waals surface area contributed by atoms with Gasteiger partial charge in [-0.3, -0.25) is 13.9 Å². The molecular formula is C34H42ClN3O7S. The van der Waals surface area contributed by atoms with Crippen molar-refractivity contribution >= 4 is 39.1 Å².